The number of benzene rings is 1. The first-order valence-corrected chi connectivity index (χ1v) is 7.95. The van der Waals surface area contributed by atoms with Crippen molar-refractivity contribution in [2.45, 2.75) is 30.8 Å². The molecule has 0 aliphatic carbocycles. The summed E-state index contributed by atoms with van der Waals surface area (Å²) in [6, 6.07) is 5.04. The zero-order valence-corrected chi connectivity index (χ0v) is 12.1. The van der Waals surface area contributed by atoms with Gasteiger partial charge in [0.15, 0.2) is 0 Å². The molecule has 6 heteroatoms. The number of ether oxygens (including phenoxy) is 1. The van der Waals surface area contributed by atoms with Crippen molar-refractivity contribution >= 4 is 10.0 Å². The lowest BCUT2D eigenvalue weighted by atomic mass is 10.1. The molecular weight excluding hydrogens is 264 g/mol. The van der Waals surface area contributed by atoms with Crippen LogP contribution < -0.4 is 14.8 Å². The predicted molar refractivity (Wildman–Crippen MR) is 74.0 cm³/mol. The molecule has 0 radical (unpaired) electrons. The second-order valence-electron chi connectivity index (χ2n) is 4.76. The lowest BCUT2D eigenvalue weighted by molar-refractivity contribution is 0.254. The molecule has 0 fully saturated rings. The van der Waals surface area contributed by atoms with Crippen molar-refractivity contribution in [1.29, 1.82) is 0 Å². The smallest absolute Gasteiger partial charge is 0.240 e. The largest absolute Gasteiger partial charge is 0.490 e. The topological polar surface area (TPSA) is 67.4 Å². The first kappa shape index (κ1) is 14.3. The van der Waals surface area contributed by atoms with Crippen molar-refractivity contribution in [2.24, 2.45) is 0 Å². The molecule has 1 atom stereocenters. The fraction of sp³-hybridized carbons (Fsp3) is 0.538. The first-order valence-electron chi connectivity index (χ1n) is 6.47. The van der Waals surface area contributed by atoms with Gasteiger partial charge in [-0.2, -0.15) is 0 Å². The highest BCUT2D eigenvalue weighted by molar-refractivity contribution is 7.89. The lowest BCUT2D eigenvalue weighted by Crippen LogP contribution is -2.26. The summed E-state index contributed by atoms with van der Waals surface area (Å²) in [5.74, 6) is 0.793. The van der Waals surface area contributed by atoms with Gasteiger partial charge in [0.25, 0.3) is 0 Å². The van der Waals surface area contributed by atoms with E-state index in [1.807, 2.05) is 14.0 Å². The maximum absolute atomic E-state index is 12.1. The standard InChI is InChI=1S/C13H20N2O3S/c1-10-8-11-9-12(4-5-13(11)18-10)19(16,17)15-7-3-6-14-2/h4-5,9-10,14-15H,3,6-8H2,1-2H3. The molecule has 1 aliphatic rings. The average Bonchev–Trinajstić information content (AvgIpc) is 2.73. The van der Waals surface area contributed by atoms with Crippen LogP contribution in [0.3, 0.4) is 0 Å². The predicted octanol–water partition coefficient (Wildman–Crippen LogP) is 0.898. The molecule has 0 aromatic heterocycles. The molecule has 106 valence electrons. The maximum Gasteiger partial charge on any atom is 0.240 e. The van der Waals surface area contributed by atoms with E-state index in [1.165, 1.54) is 0 Å². The zero-order valence-electron chi connectivity index (χ0n) is 11.3. The molecule has 1 aromatic carbocycles. The number of rotatable bonds is 6. The molecule has 1 unspecified atom stereocenters. The quantitative estimate of drug-likeness (QED) is 0.762. The Morgan fingerprint density at radius 2 is 2.16 bits per heavy atom. The first-order chi connectivity index (χ1) is 9.03. The van der Waals surface area contributed by atoms with Gasteiger partial charge in [-0.15, -0.1) is 0 Å². The fourth-order valence-electron chi connectivity index (χ4n) is 2.12. The van der Waals surface area contributed by atoms with Gasteiger partial charge in [-0.25, -0.2) is 13.1 Å². The molecular formula is C13H20N2O3S. The van der Waals surface area contributed by atoms with E-state index in [-0.39, 0.29) is 6.10 Å². The van der Waals surface area contributed by atoms with Crippen molar-refractivity contribution in [2.75, 3.05) is 20.1 Å². The monoisotopic (exact) mass is 284 g/mol. The lowest BCUT2D eigenvalue weighted by Gasteiger charge is -2.08. The second kappa shape index (κ2) is 5.90. The van der Waals surface area contributed by atoms with E-state index in [0.29, 0.717) is 11.4 Å². The second-order valence-corrected chi connectivity index (χ2v) is 6.52. The van der Waals surface area contributed by atoms with Gasteiger partial charge in [-0.05, 0) is 50.7 Å². The summed E-state index contributed by atoms with van der Waals surface area (Å²) in [5, 5.41) is 2.98. The highest BCUT2D eigenvalue weighted by Gasteiger charge is 2.22. The number of nitrogens with one attached hydrogen (secondary N) is 2. The Bertz CT molecular complexity index is 543. The minimum absolute atomic E-state index is 0.122. The van der Waals surface area contributed by atoms with Gasteiger partial charge < -0.3 is 10.1 Å². The maximum atomic E-state index is 12.1. The van der Waals surface area contributed by atoms with Gasteiger partial charge in [0.2, 0.25) is 10.0 Å². The van der Waals surface area contributed by atoms with Gasteiger partial charge in [-0.3, -0.25) is 0 Å². The van der Waals surface area contributed by atoms with Gasteiger partial charge >= 0.3 is 0 Å². The molecule has 0 saturated carbocycles. The highest BCUT2D eigenvalue weighted by atomic mass is 32.2. The average molecular weight is 284 g/mol. The molecule has 19 heavy (non-hydrogen) atoms. The Balaban J connectivity index is 2.07. The third-order valence-corrected chi connectivity index (χ3v) is 4.53. The summed E-state index contributed by atoms with van der Waals surface area (Å²) in [6.07, 6.45) is 1.65. The van der Waals surface area contributed by atoms with Crippen LogP contribution in [-0.2, 0) is 16.4 Å². The van der Waals surface area contributed by atoms with Crippen LogP contribution in [0.4, 0.5) is 0 Å². The third-order valence-electron chi connectivity index (χ3n) is 3.07. The van der Waals surface area contributed by atoms with Crippen molar-refractivity contribution in [3.05, 3.63) is 23.8 Å². The molecule has 5 nitrogen and oxygen atoms in total. The number of hydrogen-bond acceptors (Lipinski definition) is 4. The molecule has 0 amide bonds. The van der Waals surface area contributed by atoms with Gasteiger partial charge in [0.05, 0.1) is 4.90 Å². The molecule has 0 saturated heterocycles. The molecule has 0 bridgehead atoms. The molecule has 1 heterocycles. The van der Waals surface area contributed by atoms with Crippen LogP contribution in [-0.4, -0.2) is 34.7 Å². The van der Waals surface area contributed by atoms with Crippen molar-refractivity contribution in [3.8, 4) is 5.75 Å². The van der Waals surface area contributed by atoms with Crippen LogP contribution in [0.15, 0.2) is 23.1 Å². The van der Waals surface area contributed by atoms with Crippen LogP contribution in [0.2, 0.25) is 0 Å². The van der Waals surface area contributed by atoms with E-state index in [1.54, 1.807) is 18.2 Å². The van der Waals surface area contributed by atoms with E-state index >= 15 is 0 Å². The number of sulfonamides is 1. The minimum Gasteiger partial charge on any atom is -0.490 e. The minimum atomic E-state index is -3.41. The highest BCUT2D eigenvalue weighted by Crippen LogP contribution is 2.30. The summed E-state index contributed by atoms with van der Waals surface area (Å²) in [5.41, 5.74) is 0.964. The van der Waals surface area contributed by atoms with Crippen LogP contribution in [0.25, 0.3) is 0 Å². The van der Waals surface area contributed by atoms with Gasteiger partial charge in [0, 0.05) is 13.0 Å². The van der Waals surface area contributed by atoms with Crippen LogP contribution in [0.5, 0.6) is 5.75 Å². The van der Waals surface area contributed by atoms with Crippen LogP contribution >= 0.6 is 0 Å². The Labute approximate surface area is 114 Å². The van der Waals surface area contributed by atoms with Gasteiger partial charge in [0.1, 0.15) is 11.9 Å². The molecule has 2 rings (SSSR count). The summed E-state index contributed by atoms with van der Waals surface area (Å²) in [7, 11) is -1.57. The third kappa shape index (κ3) is 3.46. The van der Waals surface area contributed by atoms with Crippen LogP contribution in [0, 0.1) is 0 Å². The van der Waals surface area contributed by atoms with Crippen molar-refractivity contribution < 1.29 is 13.2 Å². The summed E-state index contributed by atoms with van der Waals surface area (Å²) < 4.78 is 32.4. The Hall–Kier alpha value is -1.11. The van der Waals surface area contributed by atoms with Crippen LogP contribution in [0.1, 0.15) is 18.9 Å². The molecule has 2 N–H and O–H groups in total. The molecule has 1 aliphatic heterocycles. The molecule has 1 aromatic rings. The number of hydrogen-bond donors (Lipinski definition) is 2. The Morgan fingerprint density at radius 3 is 2.89 bits per heavy atom. The molecule has 0 spiro atoms. The van der Waals surface area contributed by atoms with E-state index in [4.69, 9.17) is 4.74 Å². The fourth-order valence-corrected chi connectivity index (χ4v) is 3.24. The summed E-state index contributed by atoms with van der Waals surface area (Å²) in [6.45, 7) is 3.20. The SMILES string of the molecule is CNCCCNS(=O)(=O)c1ccc2c(c1)CC(C)O2. The Morgan fingerprint density at radius 1 is 1.37 bits per heavy atom. The van der Waals surface area contributed by atoms with E-state index < -0.39 is 10.0 Å². The zero-order chi connectivity index (χ0) is 13.9. The van der Waals surface area contributed by atoms with E-state index in [0.717, 1.165) is 30.7 Å². The van der Waals surface area contributed by atoms with E-state index in [2.05, 4.69) is 10.0 Å². The normalized spacial score (nSPS) is 18.1. The van der Waals surface area contributed by atoms with Crippen molar-refractivity contribution in [1.82, 2.24) is 10.0 Å². The van der Waals surface area contributed by atoms with Gasteiger partial charge in [-0.1, -0.05) is 0 Å². The Kier molecular flexibility index (Phi) is 4.44. The summed E-state index contributed by atoms with van der Waals surface area (Å²) >= 11 is 0. The summed E-state index contributed by atoms with van der Waals surface area (Å²) in [4.78, 5) is 0.313. The number of fused-ring (bicyclic) bond motifs is 1. The van der Waals surface area contributed by atoms with Crippen molar-refractivity contribution in [3.63, 3.8) is 0 Å². The van der Waals surface area contributed by atoms with E-state index in [9.17, 15) is 8.42 Å².